The number of likely N-dealkylation sites (tertiary alicyclic amines) is 1. The maximum atomic E-state index is 12.8. The largest absolute Gasteiger partial charge is 0.465 e. The molecular formula is C18H27NO4. The molecule has 0 radical (unpaired) electrons. The average Bonchev–Trinajstić information content (AvgIpc) is 3.12. The third kappa shape index (κ3) is 2.80. The first kappa shape index (κ1) is 16.5. The summed E-state index contributed by atoms with van der Waals surface area (Å²) in [5.74, 6) is -0.723. The van der Waals surface area contributed by atoms with Crippen LogP contribution in [0.4, 0.5) is 0 Å². The number of hydrogen-bond acceptors (Lipinski definition) is 4. The first-order valence-electron chi connectivity index (χ1n) is 8.81. The summed E-state index contributed by atoms with van der Waals surface area (Å²) < 4.78 is 11.5. The Hall–Kier alpha value is -1.36. The number of fused-ring (bicyclic) bond motifs is 1. The second-order valence-corrected chi connectivity index (χ2v) is 7.39. The minimum Gasteiger partial charge on any atom is -0.465 e. The monoisotopic (exact) mass is 321 g/mol. The molecule has 3 heterocycles. The van der Waals surface area contributed by atoms with E-state index in [0.717, 1.165) is 19.3 Å². The molecular weight excluding hydrogens is 294 g/mol. The highest BCUT2D eigenvalue weighted by Crippen LogP contribution is 2.52. The number of amides is 1. The normalized spacial score (nSPS) is 34.5. The van der Waals surface area contributed by atoms with Gasteiger partial charge in [0.1, 0.15) is 11.5 Å². The van der Waals surface area contributed by atoms with Crippen LogP contribution in [0.3, 0.4) is 0 Å². The quantitative estimate of drug-likeness (QED) is 0.410. The van der Waals surface area contributed by atoms with Crippen LogP contribution in [0.15, 0.2) is 12.2 Å². The highest BCUT2D eigenvalue weighted by molar-refractivity contribution is 5.91. The first-order valence-corrected chi connectivity index (χ1v) is 8.81. The smallest absolute Gasteiger partial charge is 0.312 e. The molecule has 2 fully saturated rings. The Kier molecular flexibility index (Phi) is 4.50. The number of nitrogens with zero attached hydrogens (tertiary/aromatic N) is 1. The van der Waals surface area contributed by atoms with Crippen LogP contribution in [0, 0.1) is 17.8 Å². The zero-order valence-corrected chi connectivity index (χ0v) is 14.3. The Bertz CT molecular complexity index is 515. The fourth-order valence-corrected chi connectivity index (χ4v) is 4.06. The van der Waals surface area contributed by atoms with Crippen molar-refractivity contribution in [3.05, 3.63) is 12.2 Å². The van der Waals surface area contributed by atoms with Crippen LogP contribution in [-0.2, 0) is 19.1 Å². The predicted octanol–water partition coefficient (Wildman–Crippen LogP) is 2.16. The van der Waals surface area contributed by atoms with Crippen LogP contribution >= 0.6 is 0 Å². The Balaban J connectivity index is 1.70. The van der Waals surface area contributed by atoms with Crippen molar-refractivity contribution in [1.82, 2.24) is 4.90 Å². The van der Waals surface area contributed by atoms with E-state index in [4.69, 9.17) is 9.47 Å². The summed E-state index contributed by atoms with van der Waals surface area (Å²) in [5, 5.41) is 0. The number of carbonyl (C=O) groups excluding carboxylic acids is 2. The predicted molar refractivity (Wildman–Crippen MR) is 85.6 cm³/mol. The highest BCUT2D eigenvalue weighted by Gasteiger charge is 2.67. The van der Waals surface area contributed by atoms with Gasteiger partial charge in [-0.3, -0.25) is 9.59 Å². The minimum atomic E-state index is -0.607. The molecule has 1 amide bonds. The van der Waals surface area contributed by atoms with Crippen molar-refractivity contribution in [2.24, 2.45) is 17.8 Å². The van der Waals surface area contributed by atoms with Gasteiger partial charge in [-0.1, -0.05) is 45.8 Å². The molecule has 128 valence electrons. The molecule has 1 spiro atoms. The SMILES string of the molecule is CCCCCOC(=O)[C@@H]1[C@H]2C(=O)N(CC(C)C)C[C@]23C=C[C@H]1O3. The molecule has 5 nitrogen and oxygen atoms in total. The zero-order valence-electron chi connectivity index (χ0n) is 14.3. The van der Waals surface area contributed by atoms with Crippen molar-refractivity contribution >= 4 is 11.9 Å². The van der Waals surface area contributed by atoms with Crippen molar-refractivity contribution in [2.75, 3.05) is 19.7 Å². The van der Waals surface area contributed by atoms with E-state index in [-0.39, 0.29) is 18.0 Å². The van der Waals surface area contributed by atoms with Crippen LogP contribution in [0.5, 0.6) is 0 Å². The molecule has 0 N–H and O–H groups in total. The standard InChI is InChI=1S/C18H27NO4/c1-4-5-6-9-22-17(21)14-13-7-8-18(23-13)11-19(10-12(2)3)16(20)15(14)18/h7-8,12-15H,4-6,9-11H2,1-3H3/t13-,14+,15+,18-/m1/s1. The average molecular weight is 321 g/mol. The van der Waals surface area contributed by atoms with Crippen LogP contribution in [-0.4, -0.2) is 48.2 Å². The summed E-state index contributed by atoms with van der Waals surface area (Å²) in [6.07, 6.45) is 6.63. The van der Waals surface area contributed by atoms with E-state index < -0.39 is 17.4 Å². The Morgan fingerprint density at radius 2 is 2.26 bits per heavy atom. The molecule has 4 atom stereocenters. The van der Waals surface area contributed by atoms with Crippen molar-refractivity contribution in [2.45, 2.75) is 51.7 Å². The molecule has 0 aliphatic carbocycles. The fraction of sp³-hybridized carbons (Fsp3) is 0.778. The molecule has 0 aromatic heterocycles. The molecule has 23 heavy (non-hydrogen) atoms. The van der Waals surface area contributed by atoms with E-state index >= 15 is 0 Å². The summed E-state index contributed by atoms with van der Waals surface area (Å²) in [6.45, 7) is 7.99. The topological polar surface area (TPSA) is 55.8 Å². The molecule has 2 bridgehead atoms. The maximum Gasteiger partial charge on any atom is 0.312 e. The molecule has 0 saturated carbocycles. The number of ether oxygens (including phenoxy) is 2. The van der Waals surface area contributed by atoms with Gasteiger partial charge in [0.25, 0.3) is 0 Å². The lowest BCUT2D eigenvalue weighted by atomic mass is 9.77. The second kappa shape index (κ2) is 6.27. The van der Waals surface area contributed by atoms with Gasteiger partial charge in [0, 0.05) is 6.54 Å². The van der Waals surface area contributed by atoms with Crippen LogP contribution in [0.2, 0.25) is 0 Å². The molecule has 3 aliphatic rings. The third-order valence-electron chi connectivity index (χ3n) is 5.03. The van der Waals surface area contributed by atoms with Crippen molar-refractivity contribution in [3.63, 3.8) is 0 Å². The van der Waals surface area contributed by atoms with Crippen molar-refractivity contribution in [1.29, 1.82) is 0 Å². The van der Waals surface area contributed by atoms with Gasteiger partial charge in [0.15, 0.2) is 0 Å². The number of esters is 1. The Morgan fingerprint density at radius 3 is 2.96 bits per heavy atom. The Labute approximate surface area is 138 Å². The highest BCUT2D eigenvalue weighted by atomic mass is 16.6. The molecule has 0 aromatic carbocycles. The van der Waals surface area contributed by atoms with E-state index in [9.17, 15) is 9.59 Å². The minimum absolute atomic E-state index is 0.0426. The lowest BCUT2D eigenvalue weighted by Gasteiger charge is -2.23. The van der Waals surface area contributed by atoms with E-state index in [2.05, 4.69) is 20.8 Å². The lowest BCUT2D eigenvalue weighted by Crippen LogP contribution is -2.40. The summed E-state index contributed by atoms with van der Waals surface area (Å²) in [6, 6.07) is 0. The summed E-state index contributed by atoms with van der Waals surface area (Å²) in [4.78, 5) is 27.2. The number of unbranched alkanes of at least 4 members (excludes halogenated alkanes) is 2. The van der Waals surface area contributed by atoms with Gasteiger partial charge in [-0.25, -0.2) is 0 Å². The second-order valence-electron chi connectivity index (χ2n) is 7.39. The van der Waals surface area contributed by atoms with E-state index in [0.29, 0.717) is 25.6 Å². The number of hydrogen-bond donors (Lipinski definition) is 0. The molecule has 0 unspecified atom stereocenters. The van der Waals surface area contributed by atoms with Gasteiger partial charge >= 0.3 is 5.97 Å². The van der Waals surface area contributed by atoms with Crippen molar-refractivity contribution in [3.8, 4) is 0 Å². The summed E-state index contributed by atoms with van der Waals surface area (Å²) in [7, 11) is 0. The van der Waals surface area contributed by atoms with Crippen LogP contribution < -0.4 is 0 Å². The van der Waals surface area contributed by atoms with E-state index in [1.807, 2.05) is 17.1 Å². The van der Waals surface area contributed by atoms with Gasteiger partial charge in [-0.05, 0) is 12.3 Å². The van der Waals surface area contributed by atoms with Crippen molar-refractivity contribution < 1.29 is 19.1 Å². The van der Waals surface area contributed by atoms with Gasteiger partial charge < -0.3 is 14.4 Å². The fourth-order valence-electron chi connectivity index (χ4n) is 4.06. The number of carbonyl (C=O) groups is 2. The molecule has 2 saturated heterocycles. The van der Waals surface area contributed by atoms with Gasteiger partial charge in [0.2, 0.25) is 5.91 Å². The molecule has 5 heteroatoms. The first-order chi connectivity index (χ1) is 11.0. The Morgan fingerprint density at radius 1 is 1.48 bits per heavy atom. The van der Waals surface area contributed by atoms with Crippen LogP contribution in [0.1, 0.15) is 40.0 Å². The van der Waals surface area contributed by atoms with Gasteiger partial charge in [0.05, 0.1) is 25.2 Å². The lowest BCUT2D eigenvalue weighted by molar-refractivity contribution is -0.154. The maximum absolute atomic E-state index is 12.8. The number of rotatable bonds is 7. The molecule has 3 aliphatic heterocycles. The summed E-state index contributed by atoms with van der Waals surface area (Å²) >= 11 is 0. The zero-order chi connectivity index (χ0) is 16.6. The van der Waals surface area contributed by atoms with E-state index in [1.165, 1.54) is 0 Å². The van der Waals surface area contributed by atoms with Crippen LogP contribution in [0.25, 0.3) is 0 Å². The summed E-state index contributed by atoms with van der Waals surface area (Å²) in [5.41, 5.74) is -0.607. The van der Waals surface area contributed by atoms with Gasteiger partial charge in [-0.2, -0.15) is 0 Å². The molecule has 3 rings (SSSR count). The van der Waals surface area contributed by atoms with Gasteiger partial charge in [-0.15, -0.1) is 0 Å². The van der Waals surface area contributed by atoms with E-state index in [1.54, 1.807) is 0 Å². The molecule has 0 aromatic rings. The third-order valence-corrected chi connectivity index (χ3v) is 5.03.